The van der Waals surface area contributed by atoms with E-state index in [4.69, 9.17) is 22.1 Å². The summed E-state index contributed by atoms with van der Waals surface area (Å²) in [5.74, 6) is 1.24. The van der Waals surface area contributed by atoms with Crippen LogP contribution in [-0.4, -0.2) is 13.2 Å². The van der Waals surface area contributed by atoms with Crippen molar-refractivity contribution in [3.63, 3.8) is 0 Å². The molecule has 1 fully saturated rings. The molecular formula is C10H12ClNO. The van der Waals surface area contributed by atoms with Gasteiger partial charge in [0.15, 0.2) is 0 Å². The SMILES string of the molecule is COc1cc([C@@H]2C[C@H]2N)ccc1Cl. The zero-order valence-electron chi connectivity index (χ0n) is 7.46. The highest BCUT2D eigenvalue weighted by molar-refractivity contribution is 6.32. The van der Waals surface area contributed by atoms with Crippen LogP contribution in [0.15, 0.2) is 18.2 Å². The number of methoxy groups -OCH3 is 1. The topological polar surface area (TPSA) is 35.2 Å². The van der Waals surface area contributed by atoms with Gasteiger partial charge in [0.25, 0.3) is 0 Å². The standard InChI is InChI=1S/C10H12ClNO/c1-13-10-4-6(2-3-8(10)11)7-5-9(7)12/h2-4,7,9H,5,12H2,1H3/t7-,9+/m0/s1. The van der Waals surface area contributed by atoms with Crippen molar-refractivity contribution >= 4 is 11.6 Å². The van der Waals surface area contributed by atoms with E-state index in [-0.39, 0.29) is 0 Å². The van der Waals surface area contributed by atoms with Gasteiger partial charge >= 0.3 is 0 Å². The highest BCUT2D eigenvalue weighted by atomic mass is 35.5. The molecule has 0 aromatic heterocycles. The summed E-state index contributed by atoms with van der Waals surface area (Å²) in [4.78, 5) is 0. The van der Waals surface area contributed by atoms with Gasteiger partial charge in [-0.3, -0.25) is 0 Å². The number of hydrogen-bond donors (Lipinski definition) is 1. The van der Waals surface area contributed by atoms with E-state index in [0.29, 0.717) is 17.0 Å². The van der Waals surface area contributed by atoms with Crippen molar-refractivity contribution in [2.24, 2.45) is 5.73 Å². The van der Waals surface area contributed by atoms with Crippen LogP contribution in [0.5, 0.6) is 5.75 Å². The fourth-order valence-electron chi connectivity index (χ4n) is 1.50. The molecule has 1 aliphatic carbocycles. The van der Waals surface area contributed by atoms with Crippen molar-refractivity contribution in [2.75, 3.05) is 7.11 Å². The number of hydrogen-bond acceptors (Lipinski definition) is 2. The average molecular weight is 198 g/mol. The van der Waals surface area contributed by atoms with Gasteiger partial charge in [-0.2, -0.15) is 0 Å². The molecule has 13 heavy (non-hydrogen) atoms. The zero-order valence-corrected chi connectivity index (χ0v) is 8.21. The van der Waals surface area contributed by atoms with Crippen molar-refractivity contribution in [1.82, 2.24) is 0 Å². The van der Waals surface area contributed by atoms with E-state index < -0.39 is 0 Å². The molecular weight excluding hydrogens is 186 g/mol. The van der Waals surface area contributed by atoms with Crippen molar-refractivity contribution in [2.45, 2.75) is 18.4 Å². The van der Waals surface area contributed by atoms with Gasteiger partial charge in [-0.1, -0.05) is 17.7 Å². The number of rotatable bonds is 2. The Balaban J connectivity index is 2.28. The fourth-order valence-corrected chi connectivity index (χ4v) is 1.70. The summed E-state index contributed by atoms with van der Waals surface area (Å²) in [6, 6.07) is 6.18. The molecule has 1 aromatic carbocycles. The van der Waals surface area contributed by atoms with E-state index in [1.807, 2.05) is 18.2 Å². The smallest absolute Gasteiger partial charge is 0.137 e. The van der Waals surface area contributed by atoms with Gasteiger partial charge in [-0.15, -0.1) is 0 Å². The Kier molecular flexibility index (Phi) is 2.18. The van der Waals surface area contributed by atoms with E-state index in [1.54, 1.807) is 7.11 Å². The maximum atomic E-state index is 5.90. The molecule has 0 unspecified atom stereocenters. The predicted molar refractivity (Wildman–Crippen MR) is 53.3 cm³/mol. The van der Waals surface area contributed by atoms with E-state index in [9.17, 15) is 0 Å². The number of halogens is 1. The first-order valence-corrected chi connectivity index (χ1v) is 4.69. The minimum absolute atomic E-state index is 0.325. The average Bonchev–Trinajstić information content (AvgIpc) is 2.84. The molecule has 0 saturated heterocycles. The molecule has 1 aromatic rings. The third kappa shape index (κ3) is 1.64. The Hall–Kier alpha value is -0.730. The van der Waals surface area contributed by atoms with Crippen LogP contribution in [0, 0.1) is 0 Å². The second kappa shape index (κ2) is 3.20. The lowest BCUT2D eigenvalue weighted by molar-refractivity contribution is 0.414. The van der Waals surface area contributed by atoms with Crippen LogP contribution in [0.2, 0.25) is 5.02 Å². The molecule has 70 valence electrons. The fraction of sp³-hybridized carbons (Fsp3) is 0.400. The third-order valence-electron chi connectivity index (χ3n) is 2.44. The predicted octanol–water partition coefficient (Wildman–Crippen LogP) is 2.16. The summed E-state index contributed by atoms with van der Waals surface area (Å²) in [7, 11) is 1.62. The quantitative estimate of drug-likeness (QED) is 0.789. The summed E-state index contributed by atoms with van der Waals surface area (Å²) in [6.07, 6.45) is 1.07. The molecule has 2 rings (SSSR count). The van der Waals surface area contributed by atoms with Gasteiger partial charge in [-0.25, -0.2) is 0 Å². The first kappa shape index (κ1) is 8.85. The van der Waals surface area contributed by atoms with Crippen molar-refractivity contribution in [3.05, 3.63) is 28.8 Å². The van der Waals surface area contributed by atoms with Crippen molar-refractivity contribution < 1.29 is 4.74 Å². The summed E-state index contributed by atoms with van der Waals surface area (Å²) in [5.41, 5.74) is 6.98. The molecule has 2 atom stereocenters. The molecule has 0 aliphatic heterocycles. The summed E-state index contributed by atoms with van der Waals surface area (Å²) < 4.78 is 5.13. The van der Waals surface area contributed by atoms with Gasteiger partial charge in [0, 0.05) is 12.0 Å². The minimum atomic E-state index is 0.325. The van der Waals surface area contributed by atoms with E-state index >= 15 is 0 Å². The van der Waals surface area contributed by atoms with Gasteiger partial charge in [0.2, 0.25) is 0 Å². The lowest BCUT2D eigenvalue weighted by atomic mass is 10.1. The Morgan fingerprint density at radius 2 is 2.23 bits per heavy atom. The van der Waals surface area contributed by atoms with Gasteiger partial charge in [0.05, 0.1) is 12.1 Å². The highest BCUT2D eigenvalue weighted by Crippen LogP contribution is 2.41. The maximum absolute atomic E-state index is 5.90. The Bertz CT molecular complexity index is 327. The van der Waals surface area contributed by atoms with Crippen LogP contribution >= 0.6 is 11.6 Å². The van der Waals surface area contributed by atoms with Crippen LogP contribution in [0.1, 0.15) is 17.9 Å². The van der Waals surface area contributed by atoms with Crippen LogP contribution in [-0.2, 0) is 0 Å². The highest BCUT2D eigenvalue weighted by Gasteiger charge is 2.35. The normalized spacial score (nSPS) is 25.8. The Labute approximate surface area is 82.6 Å². The van der Waals surface area contributed by atoms with Crippen LogP contribution in [0.4, 0.5) is 0 Å². The number of benzene rings is 1. The van der Waals surface area contributed by atoms with E-state index in [0.717, 1.165) is 12.2 Å². The largest absolute Gasteiger partial charge is 0.495 e. The van der Waals surface area contributed by atoms with Gasteiger partial charge < -0.3 is 10.5 Å². The molecule has 0 heterocycles. The first-order valence-electron chi connectivity index (χ1n) is 4.31. The number of nitrogens with two attached hydrogens (primary N) is 1. The molecule has 2 N–H and O–H groups in total. The molecule has 3 heteroatoms. The van der Waals surface area contributed by atoms with Crippen LogP contribution in [0.25, 0.3) is 0 Å². The summed E-state index contributed by atoms with van der Waals surface area (Å²) >= 11 is 5.90. The van der Waals surface area contributed by atoms with Crippen LogP contribution in [0.3, 0.4) is 0 Å². The third-order valence-corrected chi connectivity index (χ3v) is 2.76. The molecule has 2 nitrogen and oxygen atoms in total. The van der Waals surface area contributed by atoms with Crippen LogP contribution < -0.4 is 10.5 Å². The molecule has 1 aliphatic rings. The summed E-state index contributed by atoms with van der Waals surface area (Å²) in [6.45, 7) is 0. The van der Waals surface area contributed by atoms with Gasteiger partial charge in [0.1, 0.15) is 5.75 Å². The van der Waals surface area contributed by atoms with Crippen molar-refractivity contribution in [1.29, 1.82) is 0 Å². The van der Waals surface area contributed by atoms with E-state index in [2.05, 4.69) is 0 Å². The van der Waals surface area contributed by atoms with Crippen molar-refractivity contribution in [3.8, 4) is 5.75 Å². The first-order chi connectivity index (χ1) is 6.22. The molecule has 0 spiro atoms. The summed E-state index contributed by atoms with van der Waals surface area (Å²) in [5, 5.41) is 0.653. The van der Waals surface area contributed by atoms with E-state index in [1.165, 1.54) is 5.56 Å². The second-order valence-electron chi connectivity index (χ2n) is 3.40. The zero-order chi connectivity index (χ0) is 9.42. The Morgan fingerprint density at radius 3 is 2.77 bits per heavy atom. The van der Waals surface area contributed by atoms with Gasteiger partial charge in [-0.05, 0) is 24.1 Å². The second-order valence-corrected chi connectivity index (χ2v) is 3.81. The molecule has 0 radical (unpaired) electrons. The lowest BCUT2D eigenvalue weighted by Gasteiger charge is -2.05. The lowest BCUT2D eigenvalue weighted by Crippen LogP contribution is -2.01. The monoisotopic (exact) mass is 197 g/mol. The molecule has 1 saturated carbocycles. The minimum Gasteiger partial charge on any atom is -0.495 e. The Morgan fingerprint density at radius 1 is 1.54 bits per heavy atom. The molecule has 0 bridgehead atoms. The maximum Gasteiger partial charge on any atom is 0.137 e. The number of ether oxygens (including phenoxy) is 1. The molecule has 0 amide bonds.